The number of hydrogen-bond donors (Lipinski definition) is 2. The zero-order chi connectivity index (χ0) is 13.7. The molecule has 0 aromatic carbocycles. The fourth-order valence-electron chi connectivity index (χ4n) is 2.80. The van der Waals surface area contributed by atoms with E-state index in [-0.39, 0.29) is 5.84 Å². The summed E-state index contributed by atoms with van der Waals surface area (Å²) < 4.78 is 0. The van der Waals surface area contributed by atoms with Gasteiger partial charge in [0, 0.05) is 19.8 Å². The van der Waals surface area contributed by atoms with Gasteiger partial charge in [-0.05, 0) is 30.9 Å². The molecule has 2 rings (SSSR count). The van der Waals surface area contributed by atoms with Gasteiger partial charge in [0.05, 0.1) is 5.69 Å². The molecular formula is C14H22N4O. The molecule has 1 aromatic rings. The topological polar surface area (TPSA) is 74.7 Å². The average Bonchev–Trinajstić information content (AvgIpc) is 2.47. The summed E-state index contributed by atoms with van der Waals surface area (Å²) in [6, 6.07) is 3.84. The molecule has 1 heterocycles. The number of anilines is 1. The standard InChI is InChI=1S/C14H22N4O/c1-18(10-11-6-3-2-4-7-11)12-8-5-9-16-13(12)14(15)17-19/h5,8-9,11,19H,2-4,6-7,10H2,1H3,(H2,15,17). The normalized spacial score (nSPS) is 17.4. The Morgan fingerprint density at radius 2 is 2.21 bits per heavy atom. The molecule has 0 spiro atoms. The lowest BCUT2D eigenvalue weighted by Crippen LogP contribution is -2.29. The second kappa shape index (κ2) is 6.41. The molecule has 0 aliphatic heterocycles. The SMILES string of the molecule is CN(CC1CCCCC1)c1cccnc1/C(N)=N/O. The van der Waals surface area contributed by atoms with Crippen molar-refractivity contribution >= 4 is 11.5 Å². The van der Waals surface area contributed by atoms with Gasteiger partial charge in [0.25, 0.3) is 0 Å². The molecule has 0 unspecified atom stereocenters. The number of pyridine rings is 1. The number of oxime groups is 1. The van der Waals surface area contributed by atoms with Crippen LogP contribution in [0.15, 0.2) is 23.5 Å². The predicted octanol–water partition coefficient (Wildman–Crippen LogP) is 2.19. The summed E-state index contributed by atoms with van der Waals surface area (Å²) in [5, 5.41) is 11.9. The molecule has 1 aliphatic carbocycles. The molecule has 5 heteroatoms. The lowest BCUT2D eigenvalue weighted by atomic mass is 9.89. The molecule has 0 saturated heterocycles. The fourth-order valence-corrected chi connectivity index (χ4v) is 2.80. The van der Waals surface area contributed by atoms with Crippen LogP contribution in [-0.4, -0.2) is 29.6 Å². The second-order valence-electron chi connectivity index (χ2n) is 5.24. The van der Waals surface area contributed by atoms with Crippen LogP contribution >= 0.6 is 0 Å². The molecule has 1 fully saturated rings. The van der Waals surface area contributed by atoms with Crippen LogP contribution in [0.2, 0.25) is 0 Å². The third-order valence-electron chi connectivity index (χ3n) is 3.80. The van der Waals surface area contributed by atoms with E-state index in [2.05, 4.69) is 15.0 Å². The first kappa shape index (κ1) is 13.6. The molecule has 0 bridgehead atoms. The Kier molecular flexibility index (Phi) is 4.60. The summed E-state index contributed by atoms with van der Waals surface area (Å²) in [5.74, 6) is 0.796. The first-order valence-corrected chi connectivity index (χ1v) is 6.86. The van der Waals surface area contributed by atoms with Crippen LogP contribution in [0.1, 0.15) is 37.8 Å². The van der Waals surface area contributed by atoms with E-state index in [4.69, 9.17) is 10.9 Å². The first-order chi connectivity index (χ1) is 9.22. The Morgan fingerprint density at radius 1 is 1.47 bits per heavy atom. The number of nitrogens with two attached hydrogens (primary N) is 1. The molecule has 1 aromatic heterocycles. The van der Waals surface area contributed by atoms with Crippen molar-refractivity contribution in [2.24, 2.45) is 16.8 Å². The van der Waals surface area contributed by atoms with E-state index in [0.29, 0.717) is 5.69 Å². The number of hydrogen-bond acceptors (Lipinski definition) is 4. The monoisotopic (exact) mass is 262 g/mol. The summed E-state index contributed by atoms with van der Waals surface area (Å²) >= 11 is 0. The maximum Gasteiger partial charge on any atom is 0.190 e. The average molecular weight is 262 g/mol. The highest BCUT2D eigenvalue weighted by Crippen LogP contribution is 2.26. The molecular weight excluding hydrogens is 240 g/mol. The zero-order valence-electron chi connectivity index (χ0n) is 11.4. The summed E-state index contributed by atoms with van der Waals surface area (Å²) in [6.07, 6.45) is 8.28. The molecule has 0 amide bonds. The predicted molar refractivity (Wildman–Crippen MR) is 76.6 cm³/mol. The van der Waals surface area contributed by atoms with Gasteiger partial charge in [-0.15, -0.1) is 0 Å². The van der Waals surface area contributed by atoms with Gasteiger partial charge in [0.2, 0.25) is 0 Å². The van der Waals surface area contributed by atoms with Crippen molar-refractivity contribution in [3.05, 3.63) is 24.0 Å². The van der Waals surface area contributed by atoms with Gasteiger partial charge in [0.15, 0.2) is 5.84 Å². The Balaban J connectivity index is 2.11. The highest BCUT2D eigenvalue weighted by Gasteiger charge is 2.18. The van der Waals surface area contributed by atoms with Crippen LogP contribution in [-0.2, 0) is 0 Å². The molecule has 5 nitrogen and oxygen atoms in total. The minimum absolute atomic E-state index is 0.0612. The molecule has 19 heavy (non-hydrogen) atoms. The van der Waals surface area contributed by atoms with Crippen LogP contribution < -0.4 is 10.6 Å². The number of rotatable bonds is 4. The lowest BCUT2D eigenvalue weighted by Gasteiger charge is -2.29. The smallest absolute Gasteiger partial charge is 0.190 e. The highest BCUT2D eigenvalue weighted by atomic mass is 16.4. The number of amidine groups is 1. The third-order valence-corrected chi connectivity index (χ3v) is 3.80. The van der Waals surface area contributed by atoms with E-state index < -0.39 is 0 Å². The van der Waals surface area contributed by atoms with Crippen molar-refractivity contribution in [2.75, 3.05) is 18.5 Å². The summed E-state index contributed by atoms with van der Waals surface area (Å²) in [6.45, 7) is 0.997. The van der Waals surface area contributed by atoms with Crippen molar-refractivity contribution < 1.29 is 5.21 Å². The number of nitrogens with zero attached hydrogens (tertiary/aromatic N) is 3. The van der Waals surface area contributed by atoms with Crippen molar-refractivity contribution in [3.63, 3.8) is 0 Å². The number of aromatic nitrogens is 1. The third kappa shape index (κ3) is 3.36. The first-order valence-electron chi connectivity index (χ1n) is 6.86. The molecule has 0 atom stereocenters. The minimum atomic E-state index is 0.0612. The zero-order valence-corrected chi connectivity index (χ0v) is 11.4. The van der Waals surface area contributed by atoms with E-state index in [1.807, 2.05) is 19.2 Å². The van der Waals surface area contributed by atoms with E-state index >= 15 is 0 Å². The van der Waals surface area contributed by atoms with Gasteiger partial charge in [-0.25, -0.2) is 0 Å². The minimum Gasteiger partial charge on any atom is -0.409 e. The Bertz CT molecular complexity index is 441. The van der Waals surface area contributed by atoms with Crippen molar-refractivity contribution in [1.29, 1.82) is 0 Å². The molecule has 104 valence electrons. The van der Waals surface area contributed by atoms with E-state index in [9.17, 15) is 0 Å². The molecule has 3 N–H and O–H groups in total. The van der Waals surface area contributed by atoms with Crippen LogP contribution in [0.4, 0.5) is 5.69 Å². The van der Waals surface area contributed by atoms with Crippen LogP contribution in [0.25, 0.3) is 0 Å². The Labute approximate surface area is 114 Å². The van der Waals surface area contributed by atoms with Crippen molar-refractivity contribution in [1.82, 2.24) is 4.98 Å². The Hall–Kier alpha value is -1.78. The molecule has 0 radical (unpaired) electrons. The van der Waals surface area contributed by atoms with Gasteiger partial charge in [-0.3, -0.25) is 4.98 Å². The summed E-state index contributed by atoms with van der Waals surface area (Å²) in [4.78, 5) is 6.37. The molecule has 1 saturated carbocycles. The second-order valence-corrected chi connectivity index (χ2v) is 5.24. The summed E-state index contributed by atoms with van der Waals surface area (Å²) in [5.41, 5.74) is 7.14. The van der Waals surface area contributed by atoms with E-state index in [1.54, 1.807) is 6.20 Å². The van der Waals surface area contributed by atoms with E-state index in [0.717, 1.165) is 18.2 Å². The maximum atomic E-state index is 8.82. The fraction of sp³-hybridized carbons (Fsp3) is 0.571. The van der Waals surface area contributed by atoms with Gasteiger partial charge in [-0.2, -0.15) is 0 Å². The van der Waals surface area contributed by atoms with Crippen LogP contribution in [0, 0.1) is 5.92 Å². The van der Waals surface area contributed by atoms with Crippen LogP contribution in [0.3, 0.4) is 0 Å². The van der Waals surface area contributed by atoms with Crippen LogP contribution in [0.5, 0.6) is 0 Å². The quantitative estimate of drug-likeness (QED) is 0.377. The van der Waals surface area contributed by atoms with Crippen molar-refractivity contribution in [2.45, 2.75) is 32.1 Å². The van der Waals surface area contributed by atoms with Gasteiger partial charge in [-0.1, -0.05) is 24.4 Å². The lowest BCUT2D eigenvalue weighted by molar-refractivity contribution is 0.318. The maximum absolute atomic E-state index is 8.82. The highest BCUT2D eigenvalue weighted by molar-refractivity contribution is 6.00. The van der Waals surface area contributed by atoms with E-state index in [1.165, 1.54) is 32.1 Å². The van der Waals surface area contributed by atoms with Crippen molar-refractivity contribution in [3.8, 4) is 0 Å². The Morgan fingerprint density at radius 3 is 2.89 bits per heavy atom. The van der Waals surface area contributed by atoms with Gasteiger partial charge in [0.1, 0.15) is 5.69 Å². The largest absolute Gasteiger partial charge is 0.409 e. The molecule has 1 aliphatic rings. The van der Waals surface area contributed by atoms with Gasteiger partial charge < -0.3 is 15.8 Å². The van der Waals surface area contributed by atoms with Gasteiger partial charge >= 0.3 is 0 Å². The summed E-state index contributed by atoms with van der Waals surface area (Å²) in [7, 11) is 2.04.